The van der Waals surface area contributed by atoms with Gasteiger partial charge in [-0.15, -0.1) is 0 Å². The summed E-state index contributed by atoms with van der Waals surface area (Å²) in [5, 5.41) is 11.5. The molecule has 0 aliphatic carbocycles. The summed E-state index contributed by atoms with van der Waals surface area (Å²) in [6, 6.07) is 3.35. The van der Waals surface area contributed by atoms with Gasteiger partial charge in [-0.2, -0.15) is 0 Å². The minimum absolute atomic E-state index is 0.0624. The molecule has 0 saturated heterocycles. The molecule has 0 bridgehead atoms. The van der Waals surface area contributed by atoms with Crippen molar-refractivity contribution in [1.29, 1.82) is 0 Å². The predicted octanol–water partition coefficient (Wildman–Crippen LogP) is 1.17. The minimum atomic E-state index is -1.07. The van der Waals surface area contributed by atoms with Crippen LogP contribution >= 0.6 is 0 Å². The zero-order valence-corrected chi connectivity index (χ0v) is 12.0. The summed E-state index contributed by atoms with van der Waals surface area (Å²) in [6.45, 7) is 3.67. The fourth-order valence-electron chi connectivity index (χ4n) is 1.76. The van der Waals surface area contributed by atoms with Crippen molar-refractivity contribution in [2.45, 2.75) is 20.3 Å². The van der Waals surface area contributed by atoms with Crippen LogP contribution in [0.2, 0.25) is 0 Å². The van der Waals surface area contributed by atoms with Crippen LogP contribution in [0.15, 0.2) is 23.5 Å². The van der Waals surface area contributed by atoms with Gasteiger partial charge >= 0.3 is 11.9 Å². The Kier molecular flexibility index (Phi) is 6.86. The molecule has 0 unspecified atom stereocenters. The Balaban J connectivity index is 3.00. The molecular formula is C14H18N2O5. The van der Waals surface area contributed by atoms with Gasteiger partial charge in [-0.1, -0.05) is 11.2 Å². The molecule has 21 heavy (non-hydrogen) atoms. The van der Waals surface area contributed by atoms with Crippen molar-refractivity contribution < 1.29 is 24.3 Å². The highest BCUT2D eigenvalue weighted by Gasteiger charge is 2.30. The van der Waals surface area contributed by atoms with E-state index >= 15 is 0 Å². The third-order valence-corrected chi connectivity index (χ3v) is 2.67. The van der Waals surface area contributed by atoms with E-state index in [-0.39, 0.29) is 19.6 Å². The molecule has 1 heterocycles. The van der Waals surface area contributed by atoms with E-state index in [1.54, 1.807) is 26.0 Å². The number of ether oxygens (including phenoxy) is 2. The van der Waals surface area contributed by atoms with Gasteiger partial charge in [0.25, 0.3) is 0 Å². The number of nitrogens with zero attached hydrogens (tertiary/aromatic N) is 2. The second-order valence-corrected chi connectivity index (χ2v) is 4.05. The molecule has 114 valence electrons. The fraction of sp³-hybridized carbons (Fsp3) is 0.429. The van der Waals surface area contributed by atoms with Gasteiger partial charge in [0.05, 0.1) is 25.1 Å². The van der Waals surface area contributed by atoms with E-state index in [0.717, 1.165) is 6.21 Å². The lowest BCUT2D eigenvalue weighted by Crippen LogP contribution is -2.30. The maximum Gasteiger partial charge on any atom is 0.320 e. The van der Waals surface area contributed by atoms with E-state index in [4.69, 9.17) is 14.7 Å². The van der Waals surface area contributed by atoms with Crippen molar-refractivity contribution in [1.82, 2.24) is 4.98 Å². The van der Waals surface area contributed by atoms with E-state index in [9.17, 15) is 9.59 Å². The van der Waals surface area contributed by atoms with Gasteiger partial charge in [-0.25, -0.2) is 0 Å². The van der Waals surface area contributed by atoms with Gasteiger partial charge in [0.15, 0.2) is 5.92 Å². The number of carbonyl (C=O) groups excluding carboxylic acids is 2. The molecule has 0 saturated carbocycles. The molecule has 7 nitrogen and oxygen atoms in total. The average Bonchev–Trinajstić information content (AvgIpc) is 2.47. The average molecular weight is 294 g/mol. The Morgan fingerprint density at radius 2 is 1.95 bits per heavy atom. The number of pyridine rings is 1. The number of oxime groups is 1. The van der Waals surface area contributed by atoms with E-state index in [2.05, 4.69) is 10.1 Å². The third kappa shape index (κ3) is 4.87. The van der Waals surface area contributed by atoms with Gasteiger partial charge in [0, 0.05) is 6.20 Å². The molecule has 0 radical (unpaired) electrons. The molecular weight excluding hydrogens is 276 g/mol. The van der Waals surface area contributed by atoms with E-state index < -0.39 is 17.9 Å². The number of esters is 2. The second-order valence-electron chi connectivity index (χ2n) is 4.05. The molecule has 1 aromatic heterocycles. The van der Waals surface area contributed by atoms with Gasteiger partial charge in [0.1, 0.15) is 0 Å². The second kappa shape index (κ2) is 8.68. The largest absolute Gasteiger partial charge is 0.465 e. The number of rotatable bonds is 7. The van der Waals surface area contributed by atoms with Crippen LogP contribution in [0, 0.1) is 5.92 Å². The molecule has 0 spiro atoms. The number of hydrogen-bond acceptors (Lipinski definition) is 7. The van der Waals surface area contributed by atoms with Crippen LogP contribution in [0.3, 0.4) is 0 Å². The summed E-state index contributed by atoms with van der Waals surface area (Å²) >= 11 is 0. The first-order valence-electron chi connectivity index (χ1n) is 6.58. The molecule has 1 aromatic rings. The highest BCUT2D eigenvalue weighted by atomic mass is 16.6. The van der Waals surface area contributed by atoms with Crippen molar-refractivity contribution in [3.63, 3.8) is 0 Å². The van der Waals surface area contributed by atoms with Crippen LogP contribution in [0.4, 0.5) is 0 Å². The van der Waals surface area contributed by atoms with Gasteiger partial charge in [0.2, 0.25) is 0 Å². The smallest absolute Gasteiger partial charge is 0.320 e. The molecule has 0 amide bonds. The Hall–Kier alpha value is -2.44. The Labute approximate surface area is 122 Å². The maximum absolute atomic E-state index is 11.9. The minimum Gasteiger partial charge on any atom is -0.465 e. The Bertz CT molecular complexity index is 498. The molecule has 0 aliphatic rings. The van der Waals surface area contributed by atoms with E-state index in [0.29, 0.717) is 11.3 Å². The molecule has 0 atom stereocenters. The summed E-state index contributed by atoms with van der Waals surface area (Å²) < 4.78 is 9.80. The van der Waals surface area contributed by atoms with E-state index in [1.165, 1.54) is 6.20 Å². The fourth-order valence-corrected chi connectivity index (χ4v) is 1.76. The lowest BCUT2D eigenvalue weighted by Gasteiger charge is -2.15. The summed E-state index contributed by atoms with van der Waals surface area (Å²) in [5.41, 5.74) is 0.958. The summed E-state index contributed by atoms with van der Waals surface area (Å²) in [4.78, 5) is 27.8. The first-order valence-corrected chi connectivity index (χ1v) is 6.58. The van der Waals surface area contributed by atoms with Crippen LogP contribution in [-0.4, -0.2) is 41.6 Å². The van der Waals surface area contributed by atoms with Crippen molar-refractivity contribution in [2.75, 3.05) is 13.2 Å². The standard InChI is InChI=1S/C14H18N2O5/c1-3-20-13(17)11(14(18)21-4-2)8-10-6-5-7-15-12(10)9-16-19/h5-7,9,11,19H,3-4,8H2,1-2H3/b16-9+. The van der Waals surface area contributed by atoms with Gasteiger partial charge < -0.3 is 14.7 Å². The Morgan fingerprint density at radius 1 is 1.33 bits per heavy atom. The zero-order valence-electron chi connectivity index (χ0n) is 12.0. The summed E-state index contributed by atoms with van der Waals surface area (Å²) in [5.74, 6) is -2.36. The SMILES string of the molecule is CCOC(=O)C(Cc1cccnc1/C=N/O)C(=O)OCC. The molecule has 7 heteroatoms. The first kappa shape index (κ1) is 16.6. The van der Waals surface area contributed by atoms with Crippen LogP contribution < -0.4 is 0 Å². The van der Waals surface area contributed by atoms with Crippen molar-refractivity contribution in [3.8, 4) is 0 Å². The van der Waals surface area contributed by atoms with Crippen molar-refractivity contribution in [3.05, 3.63) is 29.6 Å². The van der Waals surface area contributed by atoms with E-state index in [1.807, 2.05) is 0 Å². The molecule has 0 aromatic carbocycles. The van der Waals surface area contributed by atoms with Crippen LogP contribution in [0.5, 0.6) is 0 Å². The Morgan fingerprint density at radius 3 is 2.48 bits per heavy atom. The number of carbonyl (C=O) groups is 2. The lowest BCUT2D eigenvalue weighted by atomic mass is 9.98. The highest BCUT2D eigenvalue weighted by molar-refractivity contribution is 5.95. The summed E-state index contributed by atoms with van der Waals surface area (Å²) in [6.07, 6.45) is 2.72. The maximum atomic E-state index is 11.9. The van der Waals surface area contributed by atoms with Crippen molar-refractivity contribution >= 4 is 18.2 Å². The highest BCUT2D eigenvalue weighted by Crippen LogP contribution is 2.14. The molecule has 0 fully saturated rings. The quantitative estimate of drug-likeness (QED) is 0.266. The van der Waals surface area contributed by atoms with Crippen molar-refractivity contribution in [2.24, 2.45) is 11.1 Å². The predicted molar refractivity (Wildman–Crippen MR) is 74.1 cm³/mol. The molecule has 0 aliphatic heterocycles. The van der Waals surface area contributed by atoms with Gasteiger partial charge in [-0.05, 0) is 31.9 Å². The number of aromatic nitrogens is 1. The molecule has 1 N–H and O–H groups in total. The van der Waals surface area contributed by atoms with Crippen LogP contribution in [-0.2, 0) is 25.5 Å². The topological polar surface area (TPSA) is 98.1 Å². The third-order valence-electron chi connectivity index (χ3n) is 2.67. The van der Waals surface area contributed by atoms with Crippen LogP contribution in [0.25, 0.3) is 0 Å². The van der Waals surface area contributed by atoms with Gasteiger partial charge in [-0.3, -0.25) is 14.6 Å². The lowest BCUT2D eigenvalue weighted by molar-refractivity contribution is -0.161. The first-order chi connectivity index (χ1) is 10.1. The zero-order chi connectivity index (χ0) is 15.7. The monoisotopic (exact) mass is 294 g/mol. The number of hydrogen-bond donors (Lipinski definition) is 1. The normalized spacial score (nSPS) is 10.8. The summed E-state index contributed by atoms with van der Waals surface area (Å²) in [7, 11) is 0. The molecule has 1 rings (SSSR count). The van der Waals surface area contributed by atoms with Crippen LogP contribution in [0.1, 0.15) is 25.1 Å².